The lowest BCUT2D eigenvalue weighted by Crippen LogP contribution is -2.28. The van der Waals surface area contributed by atoms with Gasteiger partial charge in [0.1, 0.15) is 22.3 Å². The highest BCUT2D eigenvalue weighted by Gasteiger charge is 2.29. The zero-order valence-corrected chi connectivity index (χ0v) is 23.2. The van der Waals surface area contributed by atoms with Crippen LogP contribution < -0.4 is 10.1 Å². The normalized spacial score (nSPS) is 13.6. The standard InChI is InChI=1S/C24H26FN3O7S3/c1-3-35-23(31)21-15-5-4-6-17(15)36-22(21)26-19(29)12-38(32,33)13-20(30)27-24-28(9-10-34-2)16-8-7-14(25)11-18(16)37-24/h7-8,11H,3-6,9-10,12-13H2,1-2H3,(H,26,29). The van der Waals surface area contributed by atoms with Crippen molar-refractivity contribution in [3.05, 3.63) is 44.8 Å². The van der Waals surface area contributed by atoms with E-state index in [1.165, 1.54) is 30.6 Å². The van der Waals surface area contributed by atoms with Crippen molar-refractivity contribution in [1.82, 2.24) is 4.57 Å². The Balaban J connectivity index is 1.50. The van der Waals surface area contributed by atoms with Crippen molar-refractivity contribution < 1.29 is 36.7 Å². The van der Waals surface area contributed by atoms with Gasteiger partial charge in [-0.25, -0.2) is 17.6 Å². The highest BCUT2D eigenvalue weighted by molar-refractivity contribution is 7.92. The van der Waals surface area contributed by atoms with E-state index in [0.29, 0.717) is 29.8 Å². The Hall–Kier alpha value is -2.94. The van der Waals surface area contributed by atoms with Gasteiger partial charge in [-0.3, -0.25) is 9.59 Å². The number of nitrogens with one attached hydrogen (secondary N) is 1. The first-order valence-corrected chi connectivity index (χ1v) is 15.2. The average molecular weight is 584 g/mol. The molecule has 2 aromatic heterocycles. The van der Waals surface area contributed by atoms with Crippen molar-refractivity contribution >= 4 is 65.5 Å². The van der Waals surface area contributed by atoms with Crippen LogP contribution in [0.5, 0.6) is 0 Å². The number of thiazole rings is 1. The molecule has 0 saturated heterocycles. The number of nitrogens with zero attached hydrogens (tertiary/aromatic N) is 2. The molecule has 204 valence electrons. The maximum atomic E-state index is 13.7. The number of fused-ring (bicyclic) bond motifs is 2. The predicted molar refractivity (Wildman–Crippen MR) is 142 cm³/mol. The molecule has 1 aromatic carbocycles. The van der Waals surface area contributed by atoms with E-state index in [-0.39, 0.29) is 22.0 Å². The molecule has 2 heterocycles. The van der Waals surface area contributed by atoms with Gasteiger partial charge in [0.15, 0.2) is 14.6 Å². The van der Waals surface area contributed by atoms with Gasteiger partial charge in [0.2, 0.25) is 5.91 Å². The second-order valence-electron chi connectivity index (χ2n) is 8.51. The quantitative estimate of drug-likeness (QED) is 0.363. The first-order chi connectivity index (χ1) is 18.1. The third-order valence-electron chi connectivity index (χ3n) is 5.73. The third-order valence-corrected chi connectivity index (χ3v) is 9.37. The molecule has 0 bridgehead atoms. The number of halogens is 1. The first-order valence-electron chi connectivity index (χ1n) is 11.8. The van der Waals surface area contributed by atoms with Crippen LogP contribution in [0.15, 0.2) is 23.2 Å². The number of aromatic nitrogens is 1. The number of ether oxygens (including phenoxy) is 2. The van der Waals surface area contributed by atoms with Crippen LogP contribution in [0.3, 0.4) is 0 Å². The third kappa shape index (κ3) is 6.37. The van der Waals surface area contributed by atoms with Crippen LogP contribution in [-0.4, -0.2) is 62.6 Å². The summed E-state index contributed by atoms with van der Waals surface area (Å²) in [4.78, 5) is 42.8. The summed E-state index contributed by atoms with van der Waals surface area (Å²) in [6.45, 7) is 2.45. The van der Waals surface area contributed by atoms with Crippen molar-refractivity contribution in [3.63, 3.8) is 0 Å². The summed E-state index contributed by atoms with van der Waals surface area (Å²) in [5, 5.41) is 2.77. The minimum absolute atomic E-state index is 0.164. The van der Waals surface area contributed by atoms with Gasteiger partial charge in [-0.15, -0.1) is 11.3 Å². The van der Waals surface area contributed by atoms with Crippen molar-refractivity contribution in [2.75, 3.05) is 37.1 Å². The fraction of sp³-hybridized carbons (Fsp3) is 0.417. The molecule has 2 amide bonds. The maximum Gasteiger partial charge on any atom is 0.341 e. The minimum Gasteiger partial charge on any atom is -0.462 e. The number of methoxy groups -OCH3 is 1. The van der Waals surface area contributed by atoms with Crippen molar-refractivity contribution in [2.45, 2.75) is 32.7 Å². The fourth-order valence-corrected chi connectivity index (χ4v) is 7.59. The highest BCUT2D eigenvalue weighted by Crippen LogP contribution is 2.39. The lowest BCUT2D eigenvalue weighted by molar-refractivity contribution is -0.115. The number of esters is 1. The van der Waals surface area contributed by atoms with Gasteiger partial charge < -0.3 is 19.4 Å². The second-order valence-corrected chi connectivity index (χ2v) is 12.7. The predicted octanol–water partition coefficient (Wildman–Crippen LogP) is 2.70. The topological polar surface area (TPSA) is 133 Å². The van der Waals surface area contributed by atoms with Crippen molar-refractivity contribution in [2.24, 2.45) is 4.99 Å². The van der Waals surface area contributed by atoms with Crippen LogP contribution in [-0.2, 0) is 48.3 Å². The van der Waals surface area contributed by atoms with Crippen LogP contribution in [0.1, 0.15) is 34.1 Å². The van der Waals surface area contributed by atoms with Crippen LogP contribution in [0.4, 0.5) is 9.39 Å². The van der Waals surface area contributed by atoms with Crippen molar-refractivity contribution in [3.8, 4) is 0 Å². The Labute approximate surface area is 226 Å². The molecule has 38 heavy (non-hydrogen) atoms. The zero-order valence-electron chi connectivity index (χ0n) is 20.7. The van der Waals surface area contributed by atoms with Gasteiger partial charge >= 0.3 is 5.97 Å². The monoisotopic (exact) mass is 583 g/mol. The Morgan fingerprint density at radius 2 is 1.97 bits per heavy atom. The van der Waals surface area contributed by atoms with E-state index >= 15 is 0 Å². The van der Waals surface area contributed by atoms with Gasteiger partial charge in [0.05, 0.1) is 29.0 Å². The molecule has 0 atom stereocenters. The van der Waals surface area contributed by atoms with Crippen LogP contribution in [0.2, 0.25) is 0 Å². The molecule has 0 aliphatic heterocycles. The lowest BCUT2D eigenvalue weighted by atomic mass is 10.1. The van der Waals surface area contributed by atoms with E-state index < -0.39 is 44.9 Å². The van der Waals surface area contributed by atoms with Crippen LogP contribution >= 0.6 is 22.7 Å². The van der Waals surface area contributed by atoms with Gasteiger partial charge in [0.25, 0.3) is 5.91 Å². The van der Waals surface area contributed by atoms with Crippen LogP contribution in [0, 0.1) is 5.82 Å². The van der Waals surface area contributed by atoms with E-state index in [2.05, 4.69) is 10.3 Å². The summed E-state index contributed by atoms with van der Waals surface area (Å²) in [5.74, 6) is -4.79. The number of sulfone groups is 1. The minimum atomic E-state index is -4.18. The van der Waals surface area contributed by atoms with E-state index in [1.807, 2.05) is 0 Å². The Kier molecular flexibility index (Phi) is 8.75. The first kappa shape index (κ1) is 28.1. The summed E-state index contributed by atoms with van der Waals surface area (Å²) < 4.78 is 51.4. The number of aryl methyl sites for hydroxylation is 1. The molecular formula is C24H26FN3O7S3. The maximum absolute atomic E-state index is 13.7. The highest BCUT2D eigenvalue weighted by atomic mass is 32.2. The van der Waals surface area contributed by atoms with Crippen molar-refractivity contribution in [1.29, 1.82) is 0 Å². The number of thiophene rings is 1. The summed E-state index contributed by atoms with van der Waals surface area (Å²) in [5.41, 5.74) is 1.72. The number of anilines is 1. The number of hydrogen-bond acceptors (Lipinski definition) is 9. The molecule has 4 rings (SSSR count). The van der Waals surface area contributed by atoms with Crippen LogP contribution in [0.25, 0.3) is 10.2 Å². The fourth-order valence-electron chi connectivity index (χ4n) is 4.18. The van der Waals surface area contributed by atoms with Gasteiger partial charge in [0, 0.05) is 18.5 Å². The van der Waals surface area contributed by atoms with E-state index in [0.717, 1.165) is 34.6 Å². The Morgan fingerprint density at radius 3 is 2.71 bits per heavy atom. The molecular weight excluding hydrogens is 557 g/mol. The molecule has 1 N–H and O–H groups in total. The molecule has 1 aliphatic rings. The second kappa shape index (κ2) is 11.8. The summed E-state index contributed by atoms with van der Waals surface area (Å²) in [7, 11) is -2.67. The van der Waals surface area contributed by atoms with Gasteiger partial charge in [-0.2, -0.15) is 4.99 Å². The molecule has 1 aliphatic carbocycles. The van der Waals surface area contributed by atoms with E-state index in [9.17, 15) is 27.2 Å². The molecule has 0 unspecified atom stereocenters. The van der Waals surface area contributed by atoms with E-state index in [1.54, 1.807) is 17.6 Å². The molecule has 3 aromatic rings. The number of rotatable bonds is 10. The molecule has 10 nitrogen and oxygen atoms in total. The molecule has 0 radical (unpaired) electrons. The molecule has 14 heteroatoms. The smallest absolute Gasteiger partial charge is 0.341 e. The number of carbonyl (C=O) groups excluding carboxylic acids is 3. The molecule has 0 fully saturated rings. The number of hydrogen-bond donors (Lipinski definition) is 1. The summed E-state index contributed by atoms with van der Waals surface area (Å²) >= 11 is 2.27. The molecule has 0 saturated carbocycles. The number of carbonyl (C=O) groups is 3. The summed E-state index contributed by atoms with van der Waals surface area (Å²) in [6, 6.07) is 4.13. The number of amides is 2. The molecule has 0 spiro atoms. The summed E-state index contributed by atoms with van der Waals surface area (Å²) in [6.07, 6.45) is 2.34. The SMILES string of the molecule is CCOC(=O)c1c(NC(=O)CS(=O)(=O)CC(=O)N=c2sc3cc(F)ccc3n2CCOC)sc2c1CCC2. The largest absolute Gasteiger partial charge is 0.462 e. The van der Waals surface area contributed by atoms with E-state index in [4.69, 9.17) is 9.47 Å². The Morgan fingerprint density at radius 1 is 1.18 bits per heavy atom. The number of benzene rings is 1. The van der Waals surface area contributed by atoms with Gasteiger partial charge in [-0.1, -0.05) is 11.3 Å². The Bertz CT molecular complexity index is 1570. The lowest BCUT2D eigenvalue weighted by Gasteiger charge is -2.08. The van der Waals surface area contributed by atoms with Gasteiger partial charge in [-0.05, 0) is 49.9 Å². The zero-order chi connectivity index (χ0) is 27.4. The average Bonchev–Trinajstić information content (AvgIpc) is 3.49.